The van der Waals surface area contributed by atoms with E-state index in [-0.39, 0.29) is 19.6 Å². The maximum atomic E-state index is 11.6. The van der Waals surface area contributed by atoms with Crippen LogP contribution in [0.2, 0.25) is 0 Å². The average Bonchev–Trinajstić information content (AvgIpc) is 2.77. The summed E-state index contributed by atoms with van der Waals surface area (Å²) in [6.07, 6.45) is -0.383. The highest BCUT2D eigenvalue weighted by Crippen LogP contribution is 2.23. The van der Waals surface area contributed by atoms with Crippen LogP contribution in [0.5, 0.6) is 0 Å². The van der Waals surface area contributed by atoms with Gasteiger partial charge in [-0.3, -0.25) is 9.59 Å². The Morgan fingerprint density at radius 3 is 2.53 bits per heavy atom. The fraction of sp³-hybridized carbons (Fsp3) is 0.417. The molecule has 1 N–H and O–H groups in total. The van der Waals surface area contributed by atoms with E-state index in [0.717, 1.165) is 11.3 Å². The Hall–Kier alpha value is -1.89. The summed E-state index contributed by atoms with van der Waals surface area (Å²) in [6, 6.07) is 1.58. The van der Waals surface area contributed by atoms with Gasteiger partial charge in [0.25, 0.3) is 0 Å². The smallest absolute Gasteiger partial charge is 0.350 e. The van der Waals surface area contributed by atoms with Crippen LogP contribution in [0.3, 0.4) is 0 Å². The van der Waals surface area contributed by atoms with Gasteiger partial charge in [0.1, 0.15) is 11.3 Å². The third-order valence-electron chi connectivity index (χ3n) is 2.01. The quantitative estimate of drug-likeness (QED) is 0.637. The molecule has 0 saturated carbocycles. The first-order valence-electron chi connectivity index (χ1n) is 5.78. The van der Waals surface area contributed by atoms with Crippen molar-refractivity contribution in [2.45, 2.75) is 20.3 Å². The van der Waals surface area contributed by atoms with Crippen LogP contribution in [0.25, 0.3) is 0 Å². The minimum atomic E-state index is -0.604. The van der Waals surface area contributed by atoms with E-state index < -0.39 is 17.8 Å². The summed E-state index contributed by atoms with van der Waals surface area (Å²) >= 11 is 1.16. The SMILES string of the molecule is CCOC(=O)CC(=O)Nc1ccsc1C(=O)OCC. The molecular formula is C12H15NO5S. The van der Waals surface area contributed by atoms with Crippen molar-refractivity contribution in [3.05, 3.63) is 16.3 Å². The van der Waals surface area contributed by atoms with Crippen LogP contribution in [-0.4, -0.2) is 31.1 Å². The third kappa shape index (κ3) is 4.70. The zero-order valence-corrected chi connectivity index (χ0v) is 11.5. The summed E-state index contributed by atoms with van der Waals surface area (Å²) < 4.78 is 9.52. The molecule has 0 spiro atoms. The first-order chi connectivity index (χ1) is 9.08. The van der Waals surface area contributed by atoms with Crippen LogP contribution in [0.15, 0.2) is 11.4 Å². The lowest BCUT2D eigenvalue weighted by atomic mass is 10.3. The van der Waals surface area contributed by atoms with Gasteiger partial charge in [0.15, 0.2) is 0 Å². The molecule has 7 heteroatoms. The predicted octanol–water partition coefficient (Wildman–Crippen LogP) is 1.82. The van der Waals surface area contributed by atoms with Gasteiger partial charge in [-0.2, -0.15) is 0 Å². The van der Waals surface area contributed by atoms with Gasteiger partial charge >= 0.3 is 11.9 Å². The summed E-state index contributed by atoms with van der Waals surface area (Å²) in [6.45, 7) is 3.84. The summed E-state index contributed by atoms with van der Waals surface area (Å²) in [5, 5.41) is 4.15. The van der Waals surface area contributed by atoms with Crippen LogP contribution in [0.1, 0.15) is 29.9 Å². The molecule has 0 unspecified atom stereocenters. The van der Waals surface area contributed by atoms with Gasteiger partial charge in [0.2, 0.25) is 5.91 Å². The highest BCUT2D eigenvalue weighted by molar-refractivity contribution is 7.12. The lowest BCUT2D eigenvalue weighted by molar-refractivity contribution is -0.145. The molecule has 0 aliphatic heterocycles. The molecule has 0 radical (unpaired) electrons. The Kier molecular flexibility index (Phi) is 6.01. The van der Waals surface area contributed by atoms with Crippen LogP contribution >= 0.6 is 11.3 Å². The van der Waals surface area contributed by atoms with Crippen molar-refractivity contribution in [3.63, 3.8) is 0 Å². The number of rotatable bonds is 6. The molecule has 104 valence electrons. The van der Waals surface area contributed by atoms with E-state index in [1.807, 2.05) is 0 Å². The molecule has 1 aromatic rings. The topological polar surface area (TPSA) is 81.7 Å². The molecule has 19 heavy (non-hydrogen) atoms. The number of carbonyl (C=O) groups excluding carboxylic acids is 3. The second-order valence-corrected chi connectivity index (χ2v) is 4.33. The molecule has 1 aromatic heterocycles. The molecule has 0 fully saturated rings. The Bertz CT molecular complexity index is 468. The average molecular weight is 285 g/mol. The Morgan fingerprint density at radius 1 is 1.21 bits per heavy atom. The van der Waals surface area contributed by atoms with E-state index in [1.54, 1.807) is 25.3 Å². The van der Waals surface area contributed by atoms with Crippen molar-refractivity contribution in [1.29, 1.82) is 0 Å². The predicted molar refractivity (Wildman–Crippen MR) is 70.2 cm³/mol. The van der Waals surface area contributed by atoms with E-state index in [4.69, 9.17) is 4.74 Å². The normalized spacial score (nSPS) is 9.79. The summed E-state index contributed by atoms with van der Waals surface area (Å²) in [4.78, 5) is 34.6. The molecule has 6 nitrogen and oxygen atoms in total. The zero-order valence-electron chi connectivity index (χ0n) is 10.7. The molecule has 1 rings (SSSR count). The molecule has 0 aliphatic carbocycles. The van der Waals surface area contributed by atoms with E-state index in [2.05, 4.69) is 10.1 Å². The lowest BCUT2D eigenvalue weighted by Crippen LogP contribution is -2.19. The molecular weight excluding hydrogens is 270 g/mol. The maximum Gasteiger partial charge on any atom is 0.350 e. The number of hydrogen-bond donors (Lipinski definition) is 1. The monoisotopic (exact) mass is 285 g/mol. The maximum absolute atomic E-state index is 11.6. The largest absolute Gasteiger partial charge is 0.466 e. The van der Waals surface area contributed by atoms with Gasteiger partial charge < -0.3 is 14.8 Å². The summed E-state index contributed by atoms with van der Waals surface area (Å²) in [7, 11) is 0. The van der Waals surface area contributed by atoms with Crippen LogP contribution in [-0.2, 0) is 19.1 Å². The molecule has 0 atom stereocenters. The van der Waals surface area contributed by atoms with Crippen LogP contribution < -0.4 is 5.32 Å². The molecule has 0 bridgehead atoms. The van der Waals surface area contributed by atoms with Gasteiger partial charge in [-0.15, -0.1) is 11.3 Å². The first-order valence-corrected chi connectivity index (χ1v) is 6.66. The fourth-order valence-electron chi connectivity index (χ4n) is 1.30. The number of hydrogen-bond acceptors (Lipinski definition) is 6. The highest BCUT2D eigenvalue weighted by atomic mass is 32.1. The van der Waals surface area contributed by atoms with E-state index in [9.17, 15) is 14.4 Å². The molecule has 0 aliphatic rings. The Labute approximate surface area is 114 Å². The van der Waals surface area contributed by atoms with E-state index in [1.165, 1.54) is 0 Å². The summed E-state index contributed by atoms with van der Waals surface area (Å²) in [5.74, 6) is -1.63. The van der Waals surface area contributed by atoms with Gasteiger partial charge in [0, 0.05) is 0 Å². The Morgan fingerprint density at radius 2 is 1.89 bits per heavy atom. The van der Waals surface area contributed by atoms with E-state index in [0.29, 0.717) is 10.6 Å². The number of esters is 2. The van der Waals surface area contributed by atoms with Crippen molar-refractivity contribution in [1.82, 2.24) is 0 Å². The van der Waals surface area contributed by atoms with Crippen molar-refractivity contribution in [2.75, 3.05) is 18.5 Å². The van der Waals surface area contributed by atoms with Crippen molar-refractivity contribution in [3.8, 4) is 0 Å². The Balaban J connectivity index is 2.62. The molecule has 0 aromatic carbocycles. The minimum absolute atomic E-state index is 0.221. The number of anilines is 1. The summed E-state index contributed by atoms with van der Waals surface area (Å²) in [5.41, 5.74) is 0.345. The van der Waals surface area contributed by atoms with Gasteiger partial charge in [-0.25, -0.2) is 4.79 Å². The number of nitrogens with one attached hydrogen (secondary N) is 1. The van der Waals surface area contributed by atoms with E-state index >= 15 is 0 Å². The van der Waals surface area contributed by atoms with Crippen molar-refractivity contribution < 1.29 is 23.9 Å². The second-order valence-electron chi connectivity index (χ2n) is 3.41. The fourth-order valence-corrected chi connectivity index (χ4v) is 2.04. The van der Waals surface area contributed by atoms with Crippen LogP contribution in [0, 0.1) is 0 Å². The number of thiophene rings is 1. The first kappa shape index (κ1) is 15.2. The minimum Gasteiger partial charge on any atom is -0.466 e. The van der Waals surface area contributed by atoms with Gasteiger partial charge in [-0.1, -0.05) is 0 Å². The van der Waals surface area contributed by atoms with Crippen LogP contribution in [0.4, 0.5) is 5.69 Å². The zero-order chi connectivity index (χ0) is 14.3. The second kappa shape index (κ2) is 7.52. The number of amides is 1. The molecule has 1 heterocycles. The molecule has 0 saturated heterocycles. The van der Waals surface area contributed by atoms with Gasteiger partial charge in [-0.05, 0) is 25.3 Å². The van der Waals surface area contributed by atoms with Crippen molar-refractivity contribution in [2.24, 2.45) is 0 Å². The lowest BCUT2D eigenvalue weighted by Gasteiger charge is -2.06. The highest BCUT2D eigenvalue weighted by Gasteiger charge is 2.17. The number of ether oxygens (including phenoxy) is 2. The van der Waals surface area contributed by atoms with Crippen molar-refractivity contribution >= 4 is 34.9 Å². The standard InChI is InChI=1S/C12H15NO5S/c1-3-17-10(15)7-9(14)13-8-5-6-19-11(8)12(16)18-4-2/h5-6H,3-4,7H2,1-2H3,(H,13,14). The third-order valence-corrected chi connectivity index (χ3v) is 2.90. The van der Waals surface area contributed by atoms with Gasteiger partial charge in [0.05, 0.1) is 18.9 Å². The molecule has 1 amide bonds. The number of carbonyl (C=O) groups is 3.